The summed E-state index contributed by atoms with van der Waals surface area (Å²) in [5.41, 5.74) is 0. The largest absolute Gasteiger partial charge is 0.366 e. The van der Waals surface area contributed by atoms with Crippen LogP contribution in [-0.2, 0) is 6.42 Å². The molecule has 2 aromatic rings. The van der Waals surface area contributed by atoms with Crippen LogP contribution in [0.1, 0.15) is 30.0 Å². The van der Waals surface area contributed by atoms with Gasteiger partial charge >= 0.3 is 0 Å². The number of hydrogen-bond acceptors (Lipinski definition) is 5. The summed E-state index contributed by atoms with van der Waals surface area (Å²) in [5.74, 6) is 1.51. The summed E-state index contributed by atoms with van der Waals surface area (Å²) in [6, 6.07) is 4.68. The van der Waals surface area contributed by atoms with E-state index in [1.54, 1.807) is 6.20 Å². The predicted molar refractivity (Wildman–Crippen MR) is 94.4 cm³/mol. The van der Waals surface area contributed by atoms with Crippen molar-refractivity contribution in [2.45, 2.75) is 39.7 Å². The first-order chi connectivity index (χ1) is 10.1. The van der Waals surface area contributed by atoms with Crippen molar-refractivity contribution in [2.24, 2.45) is 0 Å². The molecule has 4 nitrogen and oxygen atoms in total. The number of nitrogens with one attached hydrogen (secondary N) is 2. The lowest BCUT2D eigenvalue weighted by Gasteiger charge is -2.15. The number of hydrogen-bond donors (Lipinski definition) is 2. The highest BCUT2D eigenvalue weighted by Crippen LogP contribution is 2.23. The molecule has 6 heteroatoms. The molecule has 0 radical (unpaired) electrons. The second-order valence-corrected chi connectivity index (χ2v) is 7.31. The molecule has 0 saturated carbocycles. The normalized spacial score (nSPS) is 12.2. The molecule has 2 aromatic heterocycles. The molecule has 2 N–H and O–H groups in total. The van der Waals surface area contributed by atoms with Gasteiger partial charge in [0.25, 0.3) is 0 Å². The average molecular weight is 369 g/mol. The second-order valence-electron chi connectivity index (χ2n) is 5.08. The minimum Gasteiger partial charge on any atom is -0.366 e. The lowest BCUT2D eigenvalue weighted by atomic mass is 10.2. The SMILES string of the molecule is CCCNc1ncc(Br)c(NC(C)Cc2ccc(C)s2)n1. The third kappa shape index (κ3) is 4.97. The summed E-state index contributed by atoms with van der Waals surface area (Å²) in [4.78, 5) is 11.5. The number of rotatable bonds is 7. The van der Waals surface area contributed by atoms with Gasteiger partial charge in [-0.3, -0.25) is 0 Å². The van der Waals surface area contributed by atoms with Gasteiger partial charge in [-0.15, -0.1) is 11.3 Å². The van der Waals surface area contributed by atoms with E-state index in [1.165, 1.54) is 9.75 Å². The smallest absolute Gasteiger partial charge is 0.224 e. The van der Waals surface area contributed by atoms with Gasteiger partial charge in [0, 0.05) is 35.0 Å². The van der Waals surface area contributed by atoms with Crippen LogP contribution in [0.5, 0.6) is 0 Å². The van der Waals surface area contributed by atoms with E-state index < -0.39 is 0 Å². The molecule has 0 saturated heterocycles. The lowest BCUT2D eigenvalue weighted by molar-refractivity contribution is 0.792. The van der Waals surface area contributed by atoms with Gasteiger partial charge in [0.05, 0.1) is 4.47 Å². The van der Waals surface area contributed by atoms with Gasteiger partial charge in [-0.25, -0.2) is 4.98 Å². The van der Waals surface area contributed by atoms with Gasteiger partial charge in [-0.1, -0.05) is 6.92 Å². The summed E-state index contributed by atoms with van der Waals surface area (Å²) in [6.07, 6.45) is 3.83. The van der Waals surface area contributed by atoms with Crippen molar-refractivity contribution in [3.63, 3.8) is 0 Å². The molecular weight excluding hydrogens is 348 g/mol. The van der Waals surface area contributed by atoms with E-state index in [2.05, 4.69) is 69.4 Å². The molecular formula is C15H21BrN4S. The predicted octanol–water partition coefficient (Wildman–Crippen LogP) is 4.47. The standard InChI is InChI=1S/C15H21BrN4S/c1-4-7-17-15-18-9-13(16)14(20-15)19-10(2)8-12-6-5-11(3)21-12/h5-6,9-10H,4,7-8H2,1-3H3,(H2,17,18,19,20). The van der Waals surface area contributed by atoms with Gasteiger partial charge < -0.3 is 10.6 Å². The Hall–Kier alpha value is -1.14. The zero-order chi connectivity index (χ0) is 15.2. The van der Waals surface area contributed by atoms with Crippen molar-refractivity contribution in [3.8, 4) is 0 Å². The highest BCUT2D eigenvalue weighted by atomic mass is 79.9. The van der Waals surface area contributed by atoms with Crippen molar-refractivity contribution in [1.29, 1.82) is 0 Å². The molecule has 0 aromatic carbocycles. The van der Waals surface area contributed by atoms with E-state index in [-0.39, 0.29) is 0 Å². The van der Waals surface area contributed by atoms with Gasteiger partial charge in [0.15, 0.2) is 0 Å². The van der Waals surface area contributed by atoms with Crippen molar-refractivity contribution in [2.75, 3.05) is 17.2 Å². The van der Waals surface area contributed by atoms with E-state index in [0.29, 0.717) is 12.0 Å². The van der Waals surface area contributed by atoms with Crippen LogP contribution in [0.15, 0.2) is 22.8 Å². The summed E-state index contributed by atoms with van der Waals surface area (Å²) >= 11 is 5.35. The third-order valence-corrected chi connectivity index (χ3v) is 4.57. The topological polar surface area (TPSA) is 49.8 Å². The lowest BCUT2D eigenvalue weighted by Crippen LogP contribution is -2.19. The van der Waals surface area contributed by atoms with Crippen LogP contribution in [0, 0.1) is 6.92 Å². The van der Waals surface area contributed by atoms with Crippen LogP contribution in [0.25, 0.3) is 0 Å². The molecule has 0 fully saturated rings. The Morgan fingerprint density at radius 2 is 2.19 bits per heavy atom. The van der Waals surface area contributed by atoms with Crippen molar-refractivity contribution in [3.05, 3.63) is 32.6 Å². The average Bonchev–Trinajstić information content (AvgIpc) is 2.84. The number of thiophene rings is 1. The maximum Gasteiger partial charge on any atom is 0.224 e. The first-order valence-electron chi connectivity index (χ1n) is 7.16. The number of nitrogens with zero attached hydrogens (tertiary/aromatic N) is 2. The van der Waals surface area contributed by atoms with E-state index in [9.17, 15) is 0 Å². The fourth-order valence-electron chi connectivity index (χ4n) is 1.97. The van der Waals surface area contributed by atoms with Crippen LogP contribution >= 0.6 is 27.3 Å². The second kappa shape index (κ2) is 7.75. The van der Waals surface area contributed by atoms with Crippen LogP contribution in [0.3, 0.4) is 0 Å². The maximum atomic E-state index is 4.52. The third-order valence-electron chi connectivity index (χ3n) is 2.96. The zero-order valence-electron chi connectivity index (χ0n) is 12.6. The molecule has 2 heterocycles. The Bertz CT molecular complexity index is 585. The highest BCUT2D eigenvalue weighted by Gasteiger charge is 2.10. The Labute approximate surface area is 138 Å². The Morgan fingerprint density at radius 1 is 1.38 bits per heavy atom. The number of aryl methyl sites for hydroxylation is 1. The van der Waals surface area contributed by atoms with E-state index in [4.69, 9.17) is 0 Å². The van der Waals surface area contributed by atoms with Crippen LogP contribution in [0.2, 0.25) is 0 Å². The van der Waals surface area contributed by atoms with Crippen molar-refractivity contribution in [1.82, 2.24) is 9.97 Å². The maximum absolute atomic E-state index is 4.52. The first-order valence-corrected chi connectivity index (χ1v) is 8.77. The van der Waals surface area contributed by atoms with Crippen LogP contribution in [-0.4, -0.2) is 22.6 Å². The van der Waals surface area contributed by atoms with Gasteiger partial charge in [-0.2, -0.15) is 4.98 Å². The fraction of sp³-hybridized carbons (Fsp3) is 0.467. The number of anilines is 2. The van der Waals surface area contributed by atoms with Crippen molar-refractivity contribution >= 4 is 39.0 Å². The molecule has 0 spiro atoms. The van der Waals surface area contributed by atoms with E-state index in [0.717, 1.165) is 29.7 Å². The Balaban J connectivity index is 2.00. The molecule has 0 aliphatic rings. The quantitative estimate of drug-likeness (QED) is 0.756. The summed E-state index contributed by atoms with van der Waals surface area (Å²) in [5, 5.41) is 6.66. The van der Waals surface area contributed by atoms with Gasteiger partial charge in [0.1, 0.15) is 5.82 Å². The minimum atomic E-state index is 0.313. The molecule has 21 heavy (non-hydrogen) atoms. The summed E-state index contributed by atoms with van der Waals surface area (Å²) in [6.45, 7) is 7.31. The molecule has 2 rings (SSSR count). The summed E-state index contributed by atoms with van der Waals surface area (Å²) in [7, 11) is 0. The minimum absolute atomic E-state index is 0.313. The zero-order valence-corrected chi connectivity index (χ0v) is 15.0. The summed E-state index contributed by atoms with van der Waals surface area (Å²) < 4.78 is 0.888. The van der Waals surface area contributed by atoms with Crippen LogP contribution in [0.4, 0.5) is 11.8 Å². The number of halogens is 1. The van der Waals surface area contributed by atoms with E-state index in [1.807, 2.05) is 11.3 Å². The fourth-order valence-corrected chi connectivity index (χ4v) is 3.30. The number of aromatic nitrogens is 2. The monoisotopic (exact) mass is 368 g/mol. The molecule has 0 aliphatic carbocycles. The molecule has 0 amide bonds. The molecule has 114 valence electrons. The molecule has 0 aliphatic heterocycles. The molecule has 1 unspecified atom stereocenters. The Morgan fingerprint density at radius 3 is 2.86 bits per heavy atom. The van der Waals surface area contributed by atoms with Gasteiger partial charge in [-0.05, 0) is 48.3 Å². The molecule has 1 atom stereocenters. The highest BCUT2D eigenvalue weighted by molar-refractivity contribution is 9.10. The Kier molecular flexibility index (Phi) is 5.99. The van der Waals surface area contributed by atoms with Crippen LogP contribution < -0.4 is 10.6 Å². The first kappa shape index (κ1) is 16.2. The van der Waals surface area contributed by atoms with Crippen molar-refractivity contribution < 1.29 is 0 Å². The molecule has 0 bridgehead atoms. The van der Waals surface area contributed by atoms with Gasteiger partial charge in [0.2, 0.25) is 5.95 Å². The van der Waals surface area contributed by atoms with E-state index >= 15 is 0 Å².